The lowest BCUT2D eigenvalue weighted by molar-refractivity contribution is -0.116. The van der Waals surface area contributed by atoms with Gasteiger partial charge in [-0.15, -0.1) is 0 Å². The molecule has 0 aliphatic heterocycles. The van der Waals surface area contributed by atoms with E-state index in [0.717, 1.165) is 4.47 Å². The van der Waals surface area contributed by atoms with Gasteiger partial charge in [0.2, 0.25) is 5.91 Å². The Labute approximate surface area is 110 Å². The van der Waals surface area contributed by atoms with Crippen LogP contribution in [0.3, 0.4) is 0 Å². The molecule has 1 aromatic rings. The molecule has 4 nitrogen and oxygen atoms in total. The fraction of sp³-hybridized carbons (Fsp3) is 0.417. The molecule has 1 rings (SSSR count). The van der Waals surface area contributed by atoms with Gasteiger partial charge >= 0.3 is 0 Å². The Bertz CT molecular complexity index is 396. The molecule has 94 valence electrons. The van der Waals surface area contributed by atoms with Crippen LogP contribution < -0.4 is 11.1 Å². The number of anilines is 2. The lowest BCUT2D eigenvalue weighted by atomic mass is 10.2. The second-order valence-electron chi connectivity index (χ2n) is 3.86. The van der Waals surface area contributed by atoms with Gasteiger partial charge in [0.1, 0.15) is 0 Å². The van der Waals surface area contributed by atoms with Gasteiger partial charge in [0.05, 0.1) is 17.5 Å². The van der Waals surface area contributed by atoms with Gasteiger partial charge in [0, 0.05) is 18.0 Å². The highest BCUT2D eigenvalue weighted by Crippen LogP contribution is 2.23. The summed E-state index contributed by atoms with van der Waals surface area (Å²) in [5, 5.41) is 2.78. The van der Waals surface area contributed by atoms with E-state index in [1.54, 1.807) is 19.2 Å². The largest absolute Gasteiger partial charge is 0.397 e. The number of nitrogens with two attached hydrogens (primary N) is 1. The molecule has 17 heavy (non-hydrogen) atoms. The van der Waals surface area contributed by atoms with Crippen LogP contribution in [0.2, 0.25) is 0 Å². The maximum Gasteiger partial charge on any atom is 0.224 e. The van der Waals surface area contributed by atoms with Gasteiger partial charge in [0.25, 0.3) is 0 Å². The first kappa shape index (κ1) is 14.0. The second kappa shape index (κ2) is 6.61. The quantitative estimate of drug-likeness (QED) is 0.822. The molecule has 1 aromatic carbocycles. The van der Waals surface area contributed by atoms with Crippen molar-refractivity contribution in [3.8, 4) is 0 Å². The zero-order valence-corrected chi connectivity index (χ0v) is 11.6. The van der Waals surface area contributed by atoms with E-state index in [9.17, 15) is 4.79 Å². The van der Waals surface area contributed by atoms with Crippen molar-refractivity contribution in [2.45, 2.75) is 25.9 Å². The van der Waals surface area contributed by atoms with E-state index >= 15 is 0 Å². The number of ether oxygens (including phenoxy) is 1. The average Bonchev–Trinajstić information content (AvgIpc) is 2.29. The molecule has 0 fully saturated rings. The van der Waals surface area contributed by atoms with Crippen LogP contribution in [0.25, 0.3) is 0 Å². The number of methoxy groups -OCH3 is 1. The normalized spacial score (nSPS) is 12.2. The molecular formula is C12H17BrN2O2. The Morgan fingerprint density at radius 1 is 1.59 bits per heavy atom. The molecule has 3 N–H and O–H groups in total. The first-order chi connectivity index (χ1) is 8.02. The molecule has 0 aliphatic rings. The minimum atomic E-state index is -0.0528. The van der Waals surface area contributed by atoms with E-state index in [4.69, 9.17) is 10.5 Å². The van der Waals surface area contributed by atoms with Gasteiger partial charge < -0.3 is 15.8 Å². The maximum atomic E-state index is 11.6. The smallest absolute Gasteiger partial charge is 0.224 e. The molecule has 0 bridgehead atoms. The molecular weight excluding hydrogens is 284 g/mol. The van der Waals surface area contributed by atoms with E-state index < -0.39 is 0 Å². The lowest BCUT2D eigenvalue weighted by Gasteiger charge is -2.10. The first-order valence-electron chi connectivity index (χ1n) is 5.40. The number of carbonyl (C=O) groups excluding carboxylic acids is 1. The van der Waals surface area contributed by atoms with Crippen molar-refractivity contribution in [1.29, 1.82) is 0 Å². The SMILES string of the molecule is COC(C)CCC(=O)Nc1ccc(Br)cc1N. The van der Waals surface area contributed by atoms with Crippen molar-refractivity contribution < 1.29 is 9.53 Å². The molecule has 0 saturated carbocycles. The summed E-state index contributed by atoms with van der Waals surface area (Å²) in [5.41, 5.74) is 6.97. The topological polar surface area (TPSA) is 64.3 Å². The van der Waals surface area contributed by atoms with Crippen molar-refractivity contribution in [3.05, 3.63) is 22.7 Å². The zero-order valence-electron chi connectivity index (χ0n) is 10.00. The van der Waals surface area contributed by atoms with E-state index in [2.05, 4.69) is 21.2 Å². The van der Waals surface area contributed by atoms with Crippen LogP contribution in [-0.4, -0.2) is 19.1 Å². The van der Waals surface area contributed by atoms with Gasteiger partial charge in [-0.2, -0.15) is 0 Å². The fourth-order valence-corrected chi connectivity index (χ4v) is 1.69. The van der Waals surface area contributed by atoms with Gasteiger partial charge in [-0.1, -0.05) is 15.9 Å². The van der Waals surface area contributed by atoms with Crippen molar-refractivity contribution in [2.24, 2.45) is 0 Å². The molecule has 0 spiro atoms. The molecule has 0 aliphatic carbocycles. The van der Waals surface area contributed by atoms with Crippen LogP contribution in [0.4, 0.5) is 11.4 Å². The Kier molecular flexibility index (Phi) is 5.44. The summed E-state index contributed by atoms with van der Waals surface area (Å²) < 4.78 is 5.97. The Hall–Kier alpha value is -1.07. The van der Waals surface area contributed by atoms with Crippen molar-refractivity contribution >= 4 is 33.2 Å². The Morgan fingerprint density at radius 2 is 2.29 bits per heavy atom. The van der Waals surface area contributed by atoms with E-state index in [1.165, 1.54) is 0 Å². The lowest BCUT2D eigenvalue weighted by Crippen LogP contribution is -2.15. The average molecular weight is 301 g/mol. The summed E-state index contributed by atoms with van der Waals surface area (Å²) in [5.74, 6) is -0.0528. The third-order valence-electron chi connectivity index (χ3n) is 2.47. The summed E-state index contributed by atoms with van der Waals surface area (Å²) in [7, 11) is 1.63. The van der Waals surface area contributed by atoms with E-state index in [0.29, 0.717) is 24.2 Å². The third-order valence-corrected chi connectivity index (χ3v) is 2.96. The maximum absolute atomic E-state index is 11.6. The monoisotopic (exact) mass is 300 g/mol. The molecule has 0 aromatic heterocycles. The molecule has 1 atom stereocenters. The van der Waals surface area contributed by atoms with E-state index in [1.807, 2.05) is 13.0 Å². The predicted molar refractivity (Wildman–Crippen MR) is 72.9 cm³/mol. The summed E-state index contributed by atoms with van der Waals surface area (Å²) in [6.45, 7) is 1.93. The van der Waals surface area contributed by atoms with Crippen molar-refractivity contribution in [3.63, 3.8) is 0 Å². The van der Waals surface area contributed by atoms with Crippen LogP contribution in [0.15, 0.2) is 22.7 Å². The summed E-state index contributed by atoms with van der Waals surface area (Å²) in [6.07, 6.45) is 1.20. The highest BCUT2D eigenvalue weighted by atomic mass is 79.9. The minimum Gasteiger partial charge on any atom is -0.397 e. The van der Waals surface area contributed by atoms with Gasteiger partial charge in [0.15, 0.2) is 0 Å². The number of hydrogen-bond acceptors (Lipinski definition) is 3. The summed E-state index contributed by atoms with van der Waals surface area (Å²) >= 11 is 3.31. The predicted octanol–water partition coefficient (Wildman–Crippen LogP) is 2.78. The molecule has 1 amide bonds. The van der Waals surface area contributed by atoms with Crippen molar-refractivity contribution in [1.82, 2.24) is 0 Å². The highest BCUT2D eigenvalue weighted by Gasteiger charge is 2.08. The first-order valence-corrected chi connectivity index (χ1v) is 6.20. The highest BCUT2D eigenvalue weighted by molar-refractivity contribution is 9.10. The standard InChI is InChI=1S/C12H17BrN2O2/c1-8(17-2)3-6-12(16)15-11-5-4-9(13)7-10(11)14/h4-5,7-8H,3,6,14H2,1-2H3,(H,15,16). The number of halogens is 1. The third kappa shape index (κ3) is 4.75. The molecule has 1 unspecified atom stereocenters. The van der Waals surface area contributed by atoms with Gasteiger partial charge in [-0.05, 0) is 31.5 Å². The molecule has 5 heteroatoms. The molecule has 0 heterocycles. The Balaban J connectivity index is 2.50. The van der Waals surface area contributed by atoms with Crippen LogP contribution in [0.5, 0.6) is 0 Å². The van der Waals surface area contributed by atoms with Crippen LogP contribution in [-0.2, 0) is 9.53 Å². The van der Waals surface area contributed by atoms with Crippen LogP contribution in [0.1, 0.15) is 19.8 Å². The minimum absolute atomic E-state index is 0.0528. The second-order valence-corrected chi connectivity index (χ2v) is 4.78. The summed E-state index contributed by atoms with van der Waals surface area (Å²) in [4.78, 5) is 11.6. The van der Waals surface area contributed by atoms with Crippen LogP contribution >= 0.6 is 15.9 Å². The zero-order chi connectivity index (χ0) is 12.8. The number of amides is 1. The molecule has 0 saturated heterocycles. The number of carbonyl (C=O) groups is 1. The number of benzene rings is 1. The number of rotatable bonds is 5. The number of nitrogens with one attached hydrogen (secondary N) is 1. The number of hydrogen-bond donors (Lipinski definition) is 2. The number of nitrogen functional groups attached to an aromatic ring is 1. The fourth-order valence-electron chi connectivity index (χ4n) is 1.31. The van der Waals surface area contributed by atoms with Gasteiger partial charge in [-0.25, -0.2) is 0 Å². The molecule has 0 radical (unpaired) electrons. The van der Waals surface area contributed by atoms with Crippen molar-refractivity contribution in [2.75, 3.05) is 18.2 Å². The van der Waals surface area contributed by atoms with Crippen LogP contribution in [0, 0.1) is 0 Å². The Morgan fingerprint density at radius 3 is 2.88 bits per heavy atom. The van der Waals surface area contributed by atoms with Gasteiger partial charge in [-0.3, -0.25) is 4.79 Å². The summed E-state index contributed by atoms with van der Waals surface area (Å²) in [6, 6.07) is 5.37. The van der Waals surface area contributed by atoms with E-state index in [-0.39, 0.29) is 12.0 Å².